The molecule has 0 saturated carbocycles. The highest BCUT2D eigenvalue weighted by atomic mass is 16.5. The van der Waals surface area contributed by atoms with Crippen LogP contribution in [0.1, 0.15) is 22.5 Å². The van der Waals surface area contributed by atoms with E-state index < -0.39 is 0 Å². The zero-order valence-electron chi connectivity index (χ0n) is 17.5. The lowest BCUT2D eigenvalue weighted by atomic mass is 10.1. The maximum Gasteiger partial charge on any atom is 0.244 e. The number of para-hydroxylation sites is 3. The molecule has 4 aromatic rings. The van der Waals surface area contributed by atoms with E-state index >= 15 is 0 Å². The van der Waals surface area contributed by atoms with Crippen LogP contribution in [0.25, 0.3) is 11.0 Å². The summed E-state index contributed by atoms with van der Waals surface area (Å²) in [6.07, 6.45) is 0. The fourth-order valence-corrected chi connectivity index (χ4v) is 3.48. The number of aryl methyl sites for hydroxylation is 3. The number of imidazole rings is 1. The van der Waals surface area contributed by atoms with Crippen LogP contribution >= 0.6 is 0 Å². The lowest BCUT2D eigenvalue weighted by Crippen LogP contribution is -2.21. The Morgan fingerprint density at radius 3 is 2.57 bits per heavy atom. The van der Waals surface area contributed by atoms with E-state index in [1.165, 1.54) is 0 Å². The van der Waals surface area contributed by atoms with E-state index in [1.54, 1.807) is 0 Å². The summed E-state index contributed by atoms with van der Waals surface area (Å²) >= 11 is 0. The first kappa shape index (κ1) is 19.7. The maximum absolute atomic E-state index is 12.9. The number of carbonyl (C=O) groups excluding carboxylic acids is 1. The Morgan fingerprint density at radius 1 is 0.967 bits per heavy atom. The van der Waals surface area contributed by atoms with Gasteiger partial charge >= 0.3 is 0 Å². The van der Waals surface area contributed by atoms with Gasteiger partial charge in [-0.3, -0.25) is 4.79 Å². The van der Waals surface area contributed by atoms with E-state index in [2.05, 4.69) is 5.32 Å². The highest BCUT2D eigenvalue weighted by Gasteiger charge is 2.15. The molecule has 152 valence electrons. The van der Waals surface area contributed by atoms with Crippen molar-refractivity contribution in [3.63, 3.8) is 0 Å². The number of hydrogen-bond donors (Lipinski definition) is 1. The van der Waals surface area contributed by atoms with Gasteiger partial charge in [0.25, 0.3) is 0 Å². The van der Waals surface area contributed by atoms with Crippen LogP contribution in [0.3, 0.4) is 0 Å². The third-order valence-corrected chi connectivity index (χ3v) is 5.15. The summed E-state index contributed by atoms with van der Waals surface area (Å²) in [6, 6.07) is 21.7. The van der Waals surface area contributed by atoms with Crippen molar-refractivity contribution >= 4 is 22.6 Å². The molecule has 5 nitrogen and oxygen atoms in total. The Balaban J connectivity index is 1.59. The summed E-state index contributed by atoms with van der Waals surface area (Å²) in [5.41, 5.74) is 5.80. The molecule has 5 heteroatoms. The van der Waals surface area contributed by atoms with Crippen LogP contribution in [0.15, 0.2) is 66.7 Å². The van der Waals surface area contributed by atoms with Crippen LogP contribution in [0, 0.1) is 20.8 Å². The Kier molecular flexibility index (Phi) is 5.53. The highest BCUT2D eigenvalue weighted by molar-refractivity contribution is 5.92. The number of nitrogens with zero attached hydrogens (tertiary/aromatic N) is 2. The van der Waals surface area contributed by atoms with E-state index in [4.69, 9.17) is 9.72 Å². The molecule has 1 heterocycles. The van der Waals surface area contributed by atoms with Crippen molar-refractivity contribution in [1.29, 1.82) is 0 Å². The summed E-state index contributed by atoms with van der Waals surface area (Å²) in [5.74, 6) is 1.44. The standard InChI is InChI=1S/C25H25N3O2/c1-17-12-13-18(2)21(14-17)27-25(29)15-28-22-10-6-5-9-20(22)26-24(28)16-30-23-11-7-4-8-19(23)3/h4-14H,15-16H2,1-3H3,(H,27,29). The van der Waals surface area contributed by atoms with Gasteiger partial charge in [-0.1, -0.05) is 42.5 Å². The summed E-state index contributed by atoms with van der Waals surface area (Å²) in [4.78, 5) is 17.6. The number of hydrogen-bond acceptors (Lipinski definition) is 3. The molecule has 1 amide bonds. The number of anilines is 1. The lowest BCUT2D eigenvalue weighted by molar-refractivity contribution is -0.116. The van der Waals surface area contributed by atoms with E-state index in [1.807, 2.05) is 92.1 Å². The van der Waals surface area contributed by atoms with Crippen molar-refractivity contribution in [1.82, 2.24) is 9.55 Å². The molecule has 3 aromatic carbocycles. The Labute approximate surface area is 176 Å². The van der Waals surface area contributed by atoms with Gasteiger partial charge in [0.05, 0.1) is 11.0 Å². The first-order valence-corrected chi connectivity index (χ1v) is 10.0. The number of carbonyl (C=O) groups is 1. The summed E-state index contributed by atoms with van der Waals surface area (Å²) in [5, 5.41) is 3.04. The molecule has 4 rings (SSSR count). The molecule has 0 spiro atoms. The van der Waals surface area contributed by atoms with Crippen molar-refractivity contribution in [3.05, 3.63) is 89.2 Å². The minimum absolute atomic E-state index is 0.0935. The molecule has 0 aliphatic carbocycles. The Bertz CT molecular complexity index is 1210. The van der Waals surface area contributed by atoms with Crippen molar-refractivity contribution in [3.8, 4) is 5.75 Å². The minimum Gasteiger partial charge on any atom is -0.485 e. The van der Waals surface area contributed by atoms with Gasteiger partial charge < -0.3 is 14.6 Å². The van der Waals surface area contributed by atoms with Crippen LogP contribution in [-0.2, 0) is 17.9 Å². The van der Waals surface area contributed by atoms with Crippen molar-refractivity contribution < 1.29 is 9.53 Å². The van der Waals surface area contributed by atoms with Gasteiger partial charge in [-0.05, 0) is 61.7 Å². The molecule has 0 radical (unpaired) electrons. The normalized spacial score (nSPS) is 10.9. The number of nitrogens with one attached hydrogen (secondary N) is 1. The van der Waals surface area contributed by atoms with Gasteiger partial charge in [-0.25, -0.2) is 4.98 Å². The second-order valence-electron chi connectivity index (χ2n) is 7.52. The summed E-state index contributed by atoms with van der Waals surface area (Å²) in [7, 11) is 0. The van der Waals surface area contributed by atoms with Gasteiger partial charge in [-0.15, -0.1) is 0 Å². The monoisotopic (exact) mass is 399 g/mol. The minimum atomic E-state index is -0.0935. The zero-order valence-corrected chi connectivity index (χ0v) is 17.5. The van der Waals surface area contributed by atoms with E-state index in [-0.39, 0.29) is 19.1 Å². The van der Waals surface area contributed by atoms with Crippen molar-refractivity contribution in [2.45, 2.75) is 33.9 Å². The molecular weight excluding hydrogens is 374 g/mol. The summed E-state index contributed by atoms with van der Waals surface area (Å²) in [6.45, 7) is 6.47. The summed E-state index contributed by atoms with van der Waals surface area (Å²) < 4.78 is 7.94. The predicted octanol–water partition coefficient (Wildman–Crippen LogP) is 5.18. The fourth-order valence-electron chi connectivity index (χ4n) is 3.48. The molecular formula is C25H25N3O2. The molecule has 30 heavy (non-hydrogen) atoms. The molecule has 1 N–H and O–H groups in total. The largest absolute Gasteiger partial charge is 0.485 e. The van der Waals surface area contributed by atoms with Crippen molar-refractivity contribution in [2.75, 3.05) is 5.32 Å². The average molecular weight is 399 g/mol. The van der Waals surface area contributed by atoms with E-state index in [9.17, 15) is 4.79 Å². The van der Waals surface area contributed by atoms with Gasteiger partial charge in [0, 0.05) is 5.69 Å². The van der Waals surface area contributed by atoms with E-state index in [0.29, 0.717) is 0 Å². The highest BCUT2D eigenvalue weighted by Crippen LogP contribution is 2.21. The molecule has 1 aromatic heterocycles. The van der Waals surface area contributed by atoms with Gasteiger partial charge in [0.2, 0.25) is 5.91 Å². The van der Waals surface area contributed by atoms with Gasteiger partial charge in [0.15, 0.2) is 0 Å². The van der Waals surface area contributed by atoms with Gasteiger partial charge in [-0.2, -0.15) is 0 Å². The molecule has 0 bridgehead atoms. The first-order chi connectivity index (χ1) is 14.5. The topological polar surface area (TPSA) is 56.2 Å². The smallest absolute Gasteiger partial charge is 0.244 e. The first-order valence-electron chi connectivity index (χ1n) is 10.0. The van der Waals surface area contributed by atoms with Crippen LogP contribution in [0.4, 0.5) is 5.69 Å². The SMILES string of the molecule is Cc1ccc(C)c(NC(=O)Cn2c(COc3ccccc3C)nc3ccccc32)c1. The van der Waals surface area contributed by atoms with E-state index in [0.717, 1.165) is 45.0 Å². The van der Waals surface area contributed by atoms with Crippen LogP contribution < -0.4 is 10.1 Å². The maximum atomic E-state index is 12.9. The number of benzene rings is 3. The van der Waals surface area contributed by atoms with Crippen LogP contribution in [0.5, 0.6) is 5.75 Å². The van der Waals surface area contributed by atoms with Gasteiger partial charge in [0.1, 0.15) is 24.7 Å². The second-order valence-corrected chi connectivity index (χ2v) is 7.52. The zero-order chi connectivity index (χ0) is 21.1. The van der Waals surface area contributed by atoms with Crippen LogP contribution in [-0.4, -0.2) is 15.5 Å². The molecule has 0 saturated heterocycles. The molecule has 0 aliphatic rings. The average Bonchev–Trinajstić information content (AvgIpc) is 3.07. The third-order valence-electron chi connectivity index (χ3n) is 5.15. The molecule has 0 fully saturated rings. The second kappa shape index (κ2) is 8.41. The number of amides is 1. The fraction of sp³-hybridized carbons (Fsp3) is 0.200. The number of rotatable bonds is 6. The lowest BCUT2D eigenvalue weighted by Gasteiger charge is -2.13. The third kappa shape index (κ3) is 4.20. The van der Waals surface area contributed by atoms with Crippen LogP contribution in [0.2, 0.25) is 0 Å². The quantitative estimate of drug-likeness (QED) is 0.486. The number of aromatic nitrogens is 2. The van der Waals surface area contributed by atoms with Crippen molar-refractivity contribution in [2.24, 2.45) is 0 Å². The number of ether oxygens (including phenoxy) is 1. The molecule has 0 unspecified atom stereocenters. The molecule has 0 atom stereocenters. The Morgan fingerprint density at radius 2 is 1.73 bits per heavy atom. The Hall–Kier alpha value is -3.60. The molecule has 0 aliphatic heterocycles. The number of fused-ring (bicyclic) bond motifs is 1. The predicted molar refractivity (Wildman–Crippen MR) is 120 cm³/mol.